The zero-order chi connectivity index (χ0) is 20.1. The number of amides is 2. The smallest absolute Gasteiger partial charge is 0.291 e. The van der Waals surface area contributed by atoms with E-state index in [1.807, 2.05) is 0 Å². The Balaban J connectivity index is 1.50. The minimum absolute atomic E-state index is 0.0734. The Kier molecular flexibility index (Phi) is 6.57. The van der Waals surface area contributed by atoms with Crippen LogP contribution in [0.4, 0.5) is 5.69 Å². The summed E-state index contributed by atoms with van der Waals surface area (Å²) in [5, 5.41) is 3.30. The van der Waals surface area contributed by atoms with Crippen LogP contribution in [0.1, 0.15) is 41.9 Å². The molecule has 28 heavy (non-hydrogen) atoms. The molecule has 0 saturated carbocycles. The van der Waals surface area contributed by atoms with Crippen molar-refractivity contribution in [2.24, 2.45) is 5.92 Å². The lowest BCUT2D eigenvalue weighted by Crippen LogP contribution is -2.40. The fourth-order valence-electron chi connectivity index (χ4n) is 3.44. The average molecular weight is 406 g/mol. The van der Waals surface area contributed by atoms with Gasteiger partial charge in [0.05, 0.1) is 17.8 Å². The number of likely N-dealkylation sites (tertiary alicyclic amines) is 1. The SMILES string of the molecule is COc1ccc(NC(=O)CC[C@H]2CCCN(C(=O)c3ocnc3C)C2)cc1Cl. The second kappa shape index (κ2) is 9.10. The molecule has 1 aliphatic rings. The van der Waals surface area contributed by atoms with E-state index in [1.165, 1.54) is 6.39 Å². The first kappa shape index (κ1) is 20.2. The van der Waals surface area contributed by atoms with Crippen molar-refractivity contribution in [3.8, 4) is 5.75 Å². The maximum absolute atomic E-state index is 12.6. The Hall–Kier alpha value is -2.54. The molecule has 2 amide bonds. The third-order valence-corrected chi connectivity index (χ3v) is 5.26. The summed E-state index contributed by atoms with van der Waals surface area (Å²) in [6.07, 6.45) is 4.31. The van der Waals surface area contributed by atoms with Crippen molar-refractivity contribution in [3.63, 3.8) is 0 Å². The lowest BCUT2D eigenvalue weighted by atomic mass is 9.93. The van der Waals surface area contributed by atoms with Gasteiger partial charge in [0.2, 0.25) is 11.7 Å². The second-order valence-electron chi connectivity index (χ2n) is 6.96. The maximum atomic E-state index is 12.6. The minimum Gasteiger partial charge on any atom is -0.495 e. The van der Waals surface area contributed by atoms with Gasteiger partial charge in [-0.2, -0.15) is 0 Å². The Morgan fingerprint density at radius 3 is 2.93 bits per heavy atom. The number of hydrogen-bond donors (Lipinski definition) is 1. The van der Waals surface area contributed by atoms with Crippen LogP contribution < -0.4 is 10.1 Å². The number of benzene rings is 1. The summed E-state index contributed by atoms with van der Waals surface area (Å²) in [6, 6.07) is 5.14. The first-order valence-corrected chi connectivity index (χ1v) is 9.68. The molecule has 1 saturated heterocycles. The van der Waals surface area contributed by atoms with E-state index in [2.05, 4.69) is 10.3 Å². The van der Waals surface area contributed by atoms with Crippen molar-refractivity contribution in [2.75, 3.05) is 25.5 Å². The number of methoxy groups -OCH3 is 1. The third-order valence-electron chi connectivity index (χ3n) is 4.96. The Morgan fingerprint density at radius 2 is 2.25 bits per heavy atom. The molecule has 0 bridgehead atoms. The molecule has 1 aromatic carbocycles. The van der Waals surface area contributed by atoms with Crippen LogP contribution in [0.15, 0.2) is 29.0 Å². The van der Waals surface area contributed by atoms with Crippen LogP contribution in [-0.4, -0.2) is 41.9 Å². The quantitative estimate of drug-likeness (QED) is 0.787. The van der Waals surface area contributed by atoms with Crippen LogP contribution in [0.5, 0.6) is 5.75 Å². The summed E-state index contributed by atoms with van der Waals surface area (Å²) in [5.74, 6) is 0.947. The van der Waals surface area contributed by atoms with Gasteiger partial charge >= 0.3 is 0 Å². The number of aryl methyl sites for hydroxylation is 1. The highest BCUT2D eigenvalue weighted by atomic mass is 35.5. The van der Waals surface area contributed by atoms with Gasteiger partial charge in [0.25, 0.3) is 5.91 Å². The number of halogens is 1. The zero-order valence-corrected chi connectivity index (χ0v) is 16.8. The van der Waals surface area contributed by atoms with E-state index in [4.69, 9.17) is 20.8 Å². The number of piperidine rings is 1. The summed E-state index contributed by atoms with van der Waals surface area (Å²) in [5.41, 5.74) is 1.24. The number of ether oxygens (including phenoxy) is 1. The summed E-state index contributed by atoms with van der Waals surface area (Å²) in [4.78, 5) is 30.6. The van der Waals surface area contributed by atoms with Gasteiger partial charge in [-0.25, -0.2) is 4.98 Å². The first-order valence-electron chi connectivity index (χ1n) is 9.30. The molecule has 1 fully saturated rings. The van der Waals surface area contributed by atoms with Crippen LogP contribution in [-0.2, 0) is 4.79 Å². The van der Waals surface area contributed by atoms with Crippen molar-refractivity contribution >= 4 is 29.1 Å². The summed E-state index contributed by atoms with van der Waals surface area (Å²) in [6.45, 7) is 3.08. The molecule has 0 aliphatic carbocycles. The molecule has 1 N–H and O–H groups in total. The second-order valence-corrected chi connectivity index (χ2v) is 7.37. The van der Waals surface area contributed by atoms with E-state index in [-0.39, 0.29) is 17.7 Å². The molecular weight excluding hydrogens is 382 g/mol. The summed E-state index contributed by atoms with van der Waals surface area (Å²) in [7, 11) is 1.54. The fraction of sp³-hybridized carbons (Fsp3) is 0.450. The van der Waals surface area contributed by atoms with Gasteiger partial charge in [0.1, 0.15) is 5.75 Å². The van der Waals surface area contributed by atoms with Gasteiger partial charge in [-0.15, -0.1) is 0 Å². The zero-order valence-electron chi connectivity index (χ0n) is 16.0. The number of aromatic nitrogens is 1. The number of anilines is 1. The van der Waals surface area contributed by atoms with E-state index in [0.717, 1.165) is 19.3 Å². The van der Waals surface area contributed by atoms with Crippen LogP contribution in [0.2, 0.25) is 5.02 Å². The molecule has 0 spiro atoms. The van der Waals surface area contributed by atoms with Crippen LogP contribution in [0.3, 0.4) is 0 Å². The van der Waals surface area contributed by atoms with Crippen LogP contribution in [0.25, 0.3) is 0 Å². The predicted octanol–water partition coefficient (Wildman–Crippen LogP) is 3.92. The van der Waals surface area contributed by atoms with Crippen molar-refractivity contribution in [1.82, 2.24) is 9.88 Å². The molecule has 1 aromatic heterocycles. The number of nitrogens with zero attached hydrogens (tertiary/aromatic N) is 2. The van der Waals surface area contributed by atoms with E-state index < -0.39 is 0 Å². The number of carbonyl (C=O) groups excluding carboxylic acids is 2. The first-order chi connectivity index (χ1) is 13.5. The molecular formula is C20H24ClN3O4. The third kappa shape index (κ3) is 4.84. The molecule has 0 radical (unpaired) electrons. The molecule has 8 heteroatoms. The Labute approximate surface area is 169 Å². The molecule has 1 atom stereocenters. The lowest BCUT2D eigenvalue weighted by Gasteiger charge is -2.32. The minimum atomic E-state index is -0.128. The maximum Gasteiger partial charge on any atom is 0.291 e. The van der Waals surface area contributed by atoms with Crippen molar-refractivity contribution in [3.05, 3.63) is 41.1 Å². The highest BCUT2D eigenvalue weighted by Crippen LogP contribution is 2.28. The number of carbonyl (C=O) groups is 2. The number of hydrogen-bond acceptors (Lipinski definition) is 5. The van der Waals surface area contributed by atoms with Crippen molar-refractivity contribution < 1.29 is 18.7 Å². The van der Waals surface area contributed by atoms with E-state index in [0.29, 0.717) is 47.4 Å². The number of oxazole rings is 1. The highest BCUT2D eigenvalue weighted by Gasteiger charge is 2.27. The monoisotopic (exact) mass is 405 g/mol. The van der Waals surface area contributed by atoms with Crippen LogP contribution >= 0.6 is 11.6 Å². The summed E-state index contributed by atoms with van der Waals surface area (Å²) >= 11 is 6.08. The lowest BCUT2D eigenvalue weighted by molar-refractivity contribution is -0.116. The highest BCUT2D eigenvalue weighted by molar-refractivity contribution is 6.32. The molecule has 2 aromatic rings. The molecule has 2 heterocycles. The van der Waals surface area contributed by atoms with Gasteiger partial charge in [-0.3, -0.25) is 9.59 Å². The normalized spacial score (nSPS) is 16.7. The van der Waals surface area contributed by atoms with Gasteiger partial charge in [-0.05, 0) is 50.3 Å². The molecule has 1 aliphatic heterocycles. The summed E-state index contributed by atoms with van der Waals surface area (Å²) < 4.78 is 10.3. The molecule has 7 nitrogen and oxygen atoms in total. The number of rotatable bonds is 6. The number of nitrogens with one attached hydrogen (secondary N) is 1. The van der Waals surface area contributed by atoms with E-state index in [9.17, 15) is 9.59 Å². The van der Waals surface area contributed by atoms with Crippen LogP contribution in [0, 0.1) is 12.8 Å². The average Bonchev–Trinajstić information content (AvgIpc) is 3.12. The van der Waals surface area contributed by atoms with E-state index in [1.54, 1.807) is 37.1 Å². The van der Waals surface area contributed by atoms with Gasteiger partial charge in [0.15, 0.2) is 6.39 Å². The molecule has 150 valence electrons. The van der Waals surface area contributed by atoms with Gasteiger partial charge < -0.3 is 19.4 Å². The fourth-order valence-corrected chi connectivity index (χ4v) is 3.70. The van der Waals surface area contributed by atoms with E-state index >= 15 is 0 Å². The van der Waals surface area contributed by atoms with Crippen molar-refractivity contribution in [1.29, 1.82) is 0 Å². The van der Waals surface area contributed by atoms with Gasteiger partial charge in [0, 0.05) is 25.2 Å². The predicted molar refractivity (Wildman–Crippen MR) is 106 cm³/mol. The van der Waals surface area contributed by atoms with Gasteiger partial charge in [-0.1, -0.05) is 11.6 Å². The standard InChI is InChI=1S/C20H24ClN3O4/c1-13-19(28-12-22-13)20(26)24-9-3-4-14(11-24)5-8-18(25)23-15-6-7-17(27-2)16(21)10-15/h6-7,10,12,14H,3-5,8-9,11H2,1-2H3,(H,23,25)/t14-/m1/s1. The Morgan fingerprint density at radius 1 is 1.43 bits per heavy atom. The molecule has 0 unspecified atom stereocenters. The topological polar surface area (TPSA) is 84.7 Å². The largest absolute Gasteiger partial charge is 0.495 e. The Bertz CT molecular complexity index is 852. The van der Waals surface area contributed by atoms with Crippen molar-refractivity contribution in [2.45, 2.75) is 32.6 Å². The molecule has 3 rings (SSSR count).